The molecule has 9 heteroatoms. The van der Waals surface area contributed by atoms with Crippen molar-refractivity contribution in [3.05, 3.63) is 75.5 Å². The lowest BCUT2D eigenvalue weighted by atomic mass is 10.0. The van der Waals surface area contributed by atoms with Crippen LogP contribution in [0.4, 0.5) is 5.69 Å². The zero-order valence-electron chi connectivity index (χ0n) is 18.8. The first-order valence-corrected chi connectivity index (χ1v) is 10.3. The fourth-order valence-corrected chi connectivity index (χ4v) is 3.15. The first kappa shape index (κ1) is 23.5. The minimum Gasteiger partial charge on any atom is -0.496 e. The van der Waals surface area contributed by atoms with Crippen LogP contribution < -0.4 is 14.9 Å². The van der Waals surface area contributed by atoms with E-state index >= 15 is 0 Å². The molecule has 0 saturated carbocycles. The van der Waals surface area contributed by atoms with E-state index in [1.54, 1.807) is 18.2 Å². The van der Waals surface area contributed by atoms with Gasteiger partial charge in [-0.25, -0.2) is 5.43 Å². The van der Waals surface area contributed by atoms with Gasteiger partial charge in [-0.15, -0.1) is 0 Å². The molecule has 0 fully saturated rings. The highest BCUT2D eigenvalue weighted by Crippen LogP contribution is 2.34. The number of amides is 1. The first-order valence-electron chi connectivity index (χ1n) is 10.3. The van der Waals surface area contributed by atoms with Gasteiger partial charge in [0, 0.05) is 6.07 Å². The Hall–Kier alpha value is -4.14. The normalized spacial score (nSPS) is 11.1. The second kappa shape index (κ2) is 10.4. The van der Waals surface area contributed by atoms with E-state index in [0.717, 1.165) is 11.1 Å². The molecular weight excluding hydrogens is 426 g/mol. The van der Waals surface area contributed by atoms with Gasteiger partial charge in [0.15, 0.2) is 6.61 Å². The molecule has 0 atom stereocenters. The van der Waals surface area contributed by atoms with Crippen molar-refractivity contribution in [3.8, 4) is 22.8 Å². The van der Waals surface area contributed by atoms with Crippen molar-refractivity contribution < 1.29 is 23.6 Å². The summed E-state index contributed by atoms with van der Waals surface area (Å²) in [5.74, 6) is 1.67. The van der Waals surface area contributed by atoms with Gasteiger partial charge < -0.3 is 13.9 Å². The van der Waals surface area contributed by atoms with Gasteiger partial charge >= 0.3 is 0 Å². The summed E-state index contributed by atoms with van der Waals surface area (Å²) in [5.41, 5.74) is 4.95. The third-order valence-electron chi connectivity index (χ3n) is 4.82. The molecule has 1 aromatic heterocycles. The van der Waals surface area contributed by atoms with E-state index in [1.807, 2.05) is 25.1 Å². The number of ether oxygens (including phenoxy) is 2. The lowest BCUT2D eigenvalue weighted by molar-refractivity contribution is -0.384. The molecule has 0 aliphatic rings. The van der Waals surface area contributed by atoms with Crippen molar-refractivity contribution >= 4 is 17.8 Å². The van der Waals surface area contributed by atoms with Gasteiger partial charge in [0.25, 0.3) is 11.6 Å². The van der Waals surface area contributed by atoms with Gasteiger partial charge in [0.05, 0.1) is 29.9 Å². The Morgan fingerprint density at radius 3 is 2.67 bits per heavy atom. The van der Waals surface area contributed by atoms with Crippen LogP contribution in [0.25, 0.3) is 11.3 Å². The summed E-state index contributed by atoms with van der Waals surface area (Å²) in [6, 6.07) is 13.5. The lowest BCUT2D eigenvalue weighted by Gasteiger charge is -2.14. The van der Waals surface area contributed by atoms with E-state index in [-0.39, 0.29) is 18.2 Å². The zero-order valence-corrected chi connectivity index (χ0v) is 18.8. The number of hydrogen-bond acceptors (Lipinski definition) is 7. The van der Waals surface area contributed by atoms with Crippen LogP contribution in [0.2, 0.25) is 0 Å². The Labute approximate surface area is 191 Å². The number of aryl methyl sites for hydroxylation is 1. The summed E-state index contributed by atoms with van der Waals surface area (Å²) in [7, 11) is 1.42. The maximum atomic E-state index is 12.1. The molecule has 3 rings (SSSR count). The van der Waals surface area contributed by atoms with Crippen LogP contribution in [-0.4, -0.2) is 30.8 Å². The maximum absolute atomic E-state index is 12.1. The van der Waals surface area contributed by atoms with E-state index in [1.165, 1.54) is 25.5 Å². The quantitative estimate of drug-likeness (QED) is 0.283. The molecule has 1 N–H and O–H groups in total. The summed E-state index contributed by atoms with van der Waals surface area (Å²) < 4.78 is 16.6. The number of hydrogen-bond donors (Lipinski definition) is 1. The number of nitro benzene ring substituents is 1. The predicted molar refractivity (Wildman–Crippen MR) is 124 cm³/mol. The Morgan fingerprint density at radius 1 is 1.18 bits per heavy atom. The van der Waals surface area contributed by atoms with E-state index in [2.05, 4.69) is 24.4 Å². The lowest BCUT2D eigenvalue weighted by Crippen LogP contribution is -2.24. The van der Waals surface area contributed by atoms with Gasteiger partial charge in [0.2, 0.25) is 0 Å². The SMILES string of the molecule is COc1cc([N+](=O)[O-])ccc1-c1ccc(C=NNC(=O)COc2cc(C)ccc2C(C)C)o1. The smallest absolute Gasteiger partial charge is 0.277 e. The Morgan fingerprint density at radius 2 is 1.97 bits per heavy atom. The molecule has 172 valence electrons. The number of nitrogens with zero attached hydrogens (tertiary/aromatic N) is 2. The summed E-state index contributed by atoms with van der Waals surface area (Å²) in [4.78, 5) is 22.6. The monoisotopic (exact) mass is 451 g/mol. The minimum absolute atomic E-state index is 0.0833. The van der Waals surface area contributed by atoms with Crippen LogP contribution >= 0.6 is 0 Å². The van der Waals surface area contributed by atoms with Crippen molar-refractivity contribution in [3.63, 3.8) is 0 Å². The fourth-order valence-electron chi connectivity index (χ4n) is 3.15. The molecular formula is C24H25N3O6. The molecule has 1 amide bonds. The van der Waals surface area contributed by atoms with E-state index in [0.29, 0.717) is 28.6 Å². The van der Waals surface area contributed by atoms with E-state index in [4.69, 9.17) is 13.9 Å². The van der Waals surface area contributed by atoms with Crippen LogP contribution in [0.5, 0.6) is 11.5 Å². The molecule has 1 heterocycles. The van der Waals surface area contributed by atoms with Crippen molar-refractivity contribution in [2.24, 2.45) is 5.10 Å². The van der Waals surface area contributed by atoms with Gasteiger partial charge in [-0.1, -0.05) is 26.0 Å². The van der Waals surface area contributed by atoms with Crippen LogP contribution in [0.3, 0.4) is 0 Å². The Balaban J connectivity index is 1.61. The van der Waals surface area contributed by atoms with Crippen LogP contribution in [0.15, 0.2) is 58.0 Å². The van der Waals surface area contributed by atoms with Crippen molar-refractivity contribution in [1.82, 2.24) is 5.43 Å². The molecule has 0 radical (unpaired) electrons. The average Bonchev–Trinajstić information content (AvgIpc) is 3.25. The molecule has 0 bridgehead atoms. The van der Waals surface area contributed by atoms with Gasteiger partial charge in [0.1, 0.15) is 23.0 Å². The zero-order chi connectivity index (χ0) is 24.0. The highest BCUT2D eigenvalue weighted by atomic mass is 16.6. The van der Waals surface area contributed by atoms with Gasteiger partial charge in [-0.05, 0) is 48.2 Å². The number of benzene rings is 2. The average molecular weight is 451 g/mol. The van der Waals surface area contributed by atoms with Crippen molar-refractivity contribution in [2.45, 2.75) is 26.7 Å². The van der Waals surface area contributed by atoms with Crippen molar-refractivity contribution in [2.75, 3.05) is 13.7 Å². The number of nitrogens with one attached hydrogen (secondary N) is 1. The van der Waals surface area contributed by atoms with E-state index in [9.17, 15) is 14.9 Å². The number of carbonyl (C=O) groups excluding carboxylic acids is 1. The minimum atomic E-state index is -0.498. The van der Waals surface area contributed by atoms with Crippen LogP contribution in [-0.2, 0) is 4.79 Å². The molecule has 0 saturated heterocycles. The fraction of sp³-hybridized carbons (Fsp3) is 0.250. The van der Waals surface area contributed by atoms with Crippen molar-refractivity contribution in [1.29, 1.82) is 0 Å². The second-order valence-corrected chi connectivity index (χ2v) is 7.62. The van der Waals surface area contributed by atoms with Gasteiger partial charge in [-0.2, -0.15) is 5.10 Å². The second-order valence-electron chi connectivity index (χ2n) is 7.62. The molecule has 9 nitrogen and oxygen atoms in total. The molecule has 3 aromatic rings. The molecule has 0 aliphatic heterocycles. The molecule has 0 aliphatic carbocycles. The predicted octanol–water partition coefficient (Wildman–Crippen LogP) is 4.82. The number of carbonyl (C=O) groups is 1. The molecule has 33 heavy (non-hydrogen) atoms. The largest absolute Gasteiger partial charge is 0.496 e. The third-order valence-corrected chi connectivity index (χ3v) is 4.82. The number of hydrazone groups is 1. The number of rotatable bonds is 9. The first-order chi connectivity index (χ1) is 15.8. The number of furan rings is 1. The van der Waals surface area contributed by atoms with Crippen LogP contribution in [0.1, 0.15) is 36.7 Å². The number of non-ortho nitro benzene ring substituents is 1. The summed E-state index contributed by atoms with van der Waals surface area (Å²) in [5, 5.41) is 14.8. The van der Waals surface area contributed by atoms with Crippen LogP contribution in [0, 0.1) is 17.0 Å². The topological polar surface area (TPSA) is 116 Å². The Bertz CT molecular complexity index is 1180. The summed E-state index contributed by atoms with van der Waals surface area (Å²) >= 11 is 0. The third kappa shape index (κ3) is 5.97. The highest BCUT2D eigenvalue weighted by Gasteiger charge is 2.15. The molecule has 0 spiro atoms. The number of methoxy groups -OCH3 is 1. The maximum Gasteiger partial charge on any atom is 0.277 e. The highest BCUT2D eigenvalue weighted by molar-refractivity contribution is 5.82. The summed E-state index contributed by atoms with van der Waals surface area (Å²) in [6.07, 6.45) is 1.35. The standard InChI is InChI=1S/C24H25N3O6/c1-15(2)19-8-5-16(3)11-23(19)32-14-24(28)26-25-13-18-7-10-21(33-18)20-9-6-17(27(29)30)12-22(20)31-4/h5-13,15H,14H2,1-4H3,(H,26,28). The Kier molecular flexibility index (Phi) is 7.45. The number of nitro groups is 1. The molecule has 2 aromatic carbocycles. The summed E-state index contributed by atoms with van der Waals surface area (Å²) in [6.45, 7) is 5.91. The van der Waals surface area contributed by atoms with E-state index < -0.39 is 10.8 Å². The molecule has 0 unspecified atom stereocenters. The van der Waals surface area contributed by atoms with Gasteiger partial charge in [-0.3, -0.25) is 14.9 Å².